The standard InChI is InChI=1S/C10H11N5O3/c1-18-9-3-2-8(6-12-9)7-14-5-4-11-10(14)13-15(16)17/h2-4,6H,5,7H2,1H3. The lowest BCUT2D eigenvalue weighted by Crippen LogP contribution is -2.26. The lowest BCUT2D eigenvalue weighted by Gasteiger charge is -2.14. The third-order valence-electron chi connectivity index (χ3n) is 2.34. The minimum absolute atomic E-state index is 0.107. The number of hydrogen-bond acceptors (Lipinski definition) is 4. The molecule has 0 radical (unpaired) electrons. The molecule has 1 aliphatic rings. The van der Waals surface area contributed by atoms with E-state index in [1.54, 1.807) is 23.4 Å². The highest BCUT2D eigenvalue weighted by Gasteiger charge is 2.18. The lowest BCUT2D eigenvalue weighted by molar-refractivity contribution is -0.485. The summed E-state index contributed by atoms with van der Waals surface area (Å²) in [7, 11) is 1.54. The van der Waals surface area contributed by atoms with Crippen LogP contribution in [0, 0.1) is 10.1 Å². The second-order valence-electron chi connectivity index (χ2n) is 3.54. The van der Waals surface area contributed by atoms with Crippen LogP contribution in [0.25, 0.3) is 0 Å². The molecule has 0 saturated carbocycles. The zero-order chi connectivity index (χ0) is 13.0. The first kappa shape index (κ1) is 12.0. The molecule has 0 spiro atoms. The van der Waals surface area contributed by atoms with Crippen LogP contribution in [0.3, 0.4) is 0 Å². The minimum Gasteiger partial charge on any atom is -0.481 e. The number of hydrogen-bond donors (Lipinski definition) is 0. The Morgan fingerprint density at radius 1 is 1.61 bits per heavy atom. The van der Waals surface area contributed by atoms with E-state index < -0.39 is 5.03 Å². The monoisotopic (exact) mass is 249 g/mol. The molecule has 1 aromatic heterocycles. The first-order chi connectivity index (χ1) is 8.69. The topological polar surface area (TPSA) is 93.2 Å². The number of aliphatic imine (C=N–C) groups is 1. The number of rotatable bonds is 4. The van der Waals surface area contributed by atoms with E-state index in [-0.39, 0.29) is 5.96 Å². The number of nitro groups is 1. The van der Waals surface area contributed by atoms with Gasteiger partial charge in [-0.15, -0.1) is 0 Å². The van der Waals surface area contributed by atoms with Crippen molar-refractivity contribution in [2.45, 2.75) is 6.54 Å². The van der Waals surface area contributed by atoms with Gasteiger partial charge in [0.2, 0.25) is 5.88 Å². The van der Waals surface area contributed by atoms with Gasteiger partial charge in [0.1, 0.15) is 5.10 Å². The van der Waals surface area contributed by atoms with E-state index >= 15 is 0 Å². The summed E-state index contributed by atoms with van der Waals surface area (Å²) in [4.78, 5) is 19.9. The molecule has 2 heterocycles. The highest BCUT2D eigenvalue weighted by molar-refractivity contribution is 5.93. The summed E-state index contributed by atoms with van der Waals surface area (Å²) >= 11 is 0. The summed E-state index contributed by atoms with van der Waals surface area (Å²) in [6, 6.07) is 3.57. The maximum atomic E-state index is 10.3. The fourth-order valence-corrected chi connectivity index (χ4v) is 1.53. The fraction of sp³-hybridized carbons (Fsp3) is 0.300. The second kappa shape index (κ2) is 5.21. The van der Waals surface area contributed by atoms with Gasteiger partial charge in [0, 0.05) is 25.0 Å². The molecule has 1 aromatic rings. The van der Waals surface area contributed by atoms with E-state index in [9.17, 15) is 10.1 Å². The molecule has 0 aliphatic carbocycles. The van der Waals surface area contributed by atoms with Crippen LogP contribution in [-0.4, -0.2) is 40.7 Å². The molecule has 0 atom stereocenters. The SMILES string of the molecule is COc1ccc(CN2CC=NC2=N[N+](=O)[O-])cn1. The van der Waals surface area contributed by atoms with Gasteiger partial charge in [-0.05, 0) is 5.56 Å². The van der Waals surface area contributed by atoms with Crippen molar-refractivity contribution in [3.05, 3.63) is 34.0 Å². The smallest absolute Gasteiger partial charge is 0.297 e. The Morgan fingerprint density at radius 3 is 3.06 bits per heavy atom. The van der Waals surface area contributed by atoms with Gasteiger partial charge in [-0.3, -0.25) is 0 Å². The van der Waals surface area contributed by atoms with Crippen LogP contribution in [0.1, 0.15) is 5.56 Å². The van der Waals surface area contributed by atoms with Gasteiger partial charge in [0.05, 0.1) is 13.7 Å². The van der Waals surface area contributed by atoms with Crippen LogP contribution in [0.15, 0.2) is 28.4 Å². The van der Waals surface area contributed by atoms with Crippen molar-refractivity contribution in [1.29, 1.82) is 0 Å². The number of aromatic nitrogens is 1. The van der Waals surface area contributed by atoms with Crippen molar-refractivity contribution < 1.29 is 9.77 Å². The molecule has 0 aromatic carbocycles. The van der Waals surface area contributed by atoms with Crippen molar-refractivity contribution >= 4 is 12.2 Å². The summed E-state index contributed by atoms with van der Waals surface area (Å²) < 4.78 is 4.95. The second-order valence-corrected chi connectivity index (χ2v) is 3.54. The van der Waals surface area contributed by atoms with Gasteiger partial charge >= 0.3 is 0 Å². The number of guanidine groups is 1. The van der Waals surface area contributed by atoms with Crippen LogP contribution in [0.4, 0.5) is 0 Å². The van der Waals surface area contributed by atoms with E-state index in [0.717, 1.165) is 5.56 Å². The number of methoxy groups -OCH3 is 1. The first-order valence-corrected chi connectivity index (χ1v) is 5.18. The van der Waals surface area contributed by atoms with Crippen molar-refractivity contribution in [3.8, 4) is 5.88 Å². The van der Waals surface area contributed by atoms with Crippen molar-refractivity contribution in [2.75, 3.05) is 13.7 Å². The zero-order valence-electron chi connectivity index (χ0n) is 9.68. The van der Waals surface area contributed by atoms with Crippen LogP contribution >= 0.6 is 0 Å². The maximum absolute atomic E-state index is 10.3. The Kier molecular flexibility index (Phi) is 3.46. The quantitative estimate of drug-likeness (QED) is 0.573. The summed E-state index contributed by atoms with van der Waals surface area (Å²) in [5.41, 5.74) is 0.900. The molecule has 0 fully saturated rings. The van der Waals surface area contributed by atoms with Gasteiger partial charge in [0.25, 0.3) is 5.96 Å². The molecule has 94 valence electrons. The zero-order valence-corrected chi connectivity index (χ0v) is 9.68. The molecule has 0 bridgehead atoms. The predicted molar refractivity (Wildman–Crippen MR) is 64.1 cm³/mol. The average molecular weight is 249 g/mol. The van der Waals surface area contributed by atoms with Crippen LogP contribution in [0.5, 0.6) is 5.88 Å². The number of nitrogens with zero attached hydrogens (tertiary/aromatic N) is 5. The van der Waals surface area contributed by atoms with Crippen molar-refractivity contribution in [3.63, 3.8) is 0 Å². The van der Waals surface area contributed by atoms with Crippen LogP contribution in [-0.2, 0) is 6.54 Å². The van der Waals surface area contributed by atoms with E-state index in [1.165, 1.54) is 7.11 Å². The molecular weight excluding hydrogens is 238 g/mol. The molecule has 18 heavy (non-hydrogen) atoms. The van der Waals surface area contributed by atoms with E-state index in [1.807, 2.05) is 6.07 Å². The Bertz CT molecular complexity index is 497. The third-order valence-corrected chi connectivity index (χ3v) is 2.34. The van der Waals surface area contributed by atoms with E-state index in [0.29, 0.717) is 19.0 Å². The van der Waals surface area contributed by atoms with Gasteiger partial charge in [-0.2, -0.15) is 0 Å². The van der Waals surface area contributed by atoms with Gasteiger partial charge in [-0.1, -0.05) is 6.07 Å². The average Bonchev–Trinajstić information content (AvgIpc) is 2.77. The van der Waals surface area contributed by atoms with Crippen molar-refractivity contribution in [1.82, 2.24) is 9.88 Å². The Morgan fingerprint density at radius 2 is 2.44 bits per heavy atom. The molecular formula is C10H11N5O3. The molecule has 0 saturated heterocycles. The van der Waals surface area contributed by atoms with Gasteiger partial charge < -0.3 is 9.64 Å². The number of ether oxygens (including phenoxy) is 1. The molecule has 8 heteroatoms. The van der Waals surface area contributed by atoms with Crippen molar-refractivity contribution in [2.24, 2.45) is 10.1 Å². The molecule has 1 aliphatic heterocycles. The maximum Gasteiger partial charge on any atom is 0.297 e. The molecule has 2 rings (SSSR count). The van der Waals surface area contributed by atoms with Crippen LogP contribution < -0.4 is 4.74 Å². The summed E-state index contributed by atoms with van der Waals surface area (Å²) in [6.45, 7) is 0.961. The van der Waals surface area contributed by atoms with E-state index in [2.05, 4.69) is 15.1 Å². The molecule has 0 N–H and O–H groups in total. The summed E-state index contributed by atoms with van der Waals surface area (Å²) in [5, 5.41) is 12.8. The Balaban J connectivity index is 2.06. The fourth-order valence-electron chi connectivity index (χ4n) is 1.53. The van der Waals surface area contributed by atoms with E-state index in [4.69, 9.17) is 4.74 Å². The number of pyridine rings is 1. The Hall–Kier alpha value is -2.51. The molecule has 0 amide bonds. The normalized spacial score (nSPS) is 16.3. The van der Waals surface area contributed by atoms with Crippen LogP contribution in [0.2, 0.25) is 0 Å². The lowest BCUT2D eigenvalue weighted by atomic mass is 10.2. The third kappa shape index (κ3) is 2.78. The highest BCUT2D eigenvalue weighted by Crippen LogP contribution is 2.11. The Labute approximate surface area is 103 Å². The predicted octanol–water partition coefficient (Wildman–Crippen LogP) is 0.524. The summed E-state index contributed by atoms with van der Waals surface area (Å²) in [6.07, 6.45) is 3.24. The minimum atomic E-state index is -0.753. The molecule has 0 unspecified atom stereocenters. The first-order valence-electron chi connectivity index (χ1n) is 5.18. The largest absolute Gasteiger partial charge is 0.481 e. The summed E-state index contributed by atoms with van der Waals surface area (Å²) in [5.74, 6) is 0.631. The highest BCUT2D eigenvalue weighted by atomic mass is 16.7. The molecule has 8 nitrogen and oxygen atoms in total. The van der Waals surface area contributed by atoms with Gasteiger partial charge in [-0.25, -0.2) is 20.1 Å². The number of hydrazone groups is 1. The van der Waals surface area contributed by atoms with Gasteiger partial charge in [0.15, 0.2) is 5.03 Å².